The summed E-state index contributed by atoms with van der Waals surface area (Å²) in [6.45, 7) is 2.10. The van der Waals surface area contributed by atoms with Gasteiger partial charge in [-0.05, 0) is 37.6 Å². The summed E-state index contributed by atoms with van der Waals surface area (Å²) in [6, 6.07) is 6.11. The molecule has 1 saturated heterocycles. The quantitative estimate of drug-likeness (QED) is 0.265. The van der Waals surface area contributed by atoms with E-state index in [-0.39, 0.29) is 47.8 Å². The number of nitrogens with zero attached hydrogens (tertiary/aromatic N) is 3. The van der Waals surface area contributed by atoms with Crippen molar-refractivity contribution in [1.29, 1.82) is 0 Å². The Morgan fingerprint density at radius 1 is 1.31 bits per heavy atom. The molecule has 32 heavy (non-hydrogen) atoms. The Kier molecular flexibility index (Phi) is 7.02. The zero-order chi connectivity index (χ0) is 23.5. The van der Waals surface area contributed by atoms with Crippen LogP contribution < -0.4 is 20.7 Å². The van der Waals surface area contributed by atoms with Crippen molar-refractivity contribution in [2.75, 3.05) is 30.4 Å². The number of carbonyl (C=O) groups excluding carboxylic acids is 1. The van der Waals surface area contributed by atoms with Gasteiger partial charge in [-0.2, -0.15) is 0 Å². The molecule has 1 aliphatic rings. The first-order valence-corrected chi connectivity index (χ1v) is 10.3. The molecule has 172 valence electrons. The molecule has 11 heteroatoms. The number of methoxy groups -OCH3 is 1. The molecule has 0 radical (unpaired) electrons. The number of ether oxygens (including phenoxy) is 1. The molecule has 1 fully saturated rings. The molecular weight excluding hydrogens is 444 g/mol. The van der Waals surface area contributed by atoms with Gasteiger partial charge in [0.1, 0.15) is 11.6 Å². The summed E-state index contributed by atoms with van der Waals surface area (Å²) >= 11 is 6.22. The normalized spacial score (nSPS) is 16.4. The molecule has 1 aromatic heterocycles. The number of carbonyl (C=O) groups is 1. The Morgan fingerprint density at radius 3 is 2.75 bits per heavy atom. The van der Waals surface area contributed by atoms with E-state index in [1.807, 2.05) is 0 Å². The van der Waals surface area contributed by atoms with Crippen molar-refractivity contribution in [2.24, 2.45) is 10.9 Å². The van der Waals surface area contributed by atoms with E-state index in [4.69, 9.17) is 27.3 Å². The van der Waals surface area contributed by atoms with Crippen molar-refractivity contribution in [3.63, 3.8) is 0 Å². The van der Waals surface area contributed by atoms with Gasteiger partial charge in [-0.25, -0.2) is 13.8 Å². The van der Waals surface area contributed by atoms with Crippen molar-refractivity contribution in [1.82, 2.24) is 4.98 Å². The van der Waals surface area contributed by atoms with Crippen molar-refractivity contribution < 1.29 is 23.5 Å². The zero-order valence-electron chi connectivity index (χ0n) is 17.7. The number of hydrogen-bond acceptors (Lipinski definition) is 6. The number of aromatic nitrogens is 1. The van der Waals surface area contributed by atoms with Crippen LogP contribution in [0.25, 0.3) is 0 Å². The Bertz CT molecular complexity index is 1050. The highest BCUT2D eigenvalue weighted by Gasteiger charge is 2.33. The van der Waals surface area contributed by atoms with E-state index in [9.17, 15) is 13.6 Å². The SMILES string of the molecule is COc1ccc(NC(=O)c2cc(Cl)c(C)nc2N2CCCC(F)(F)CC2)cc1C(N)=NO. The van der Waals surface area contributed by atoms with Gasteiger partial charge in [0.2, 0.25) is 5.92 Å². The van der Waals surface area contributed by atoms with Gasteiger partial charge in [0.05, 0.1) is 29.0 Å². The van der Waals surface area contributed by atoms with Gasteiger partial charge in [0, 0.05) is 31.6 Å². The number of nitrogens with one attached hydrogen (secondary N) is 1. The molecule has 8 nitrogen and oxygen atoms in total. The maximum absolute atomic E-state index is 13.8. The summed E-state index contributed by atoms with van der Waals surface area (Å²) in [5.74, 6) is -2.81. The largest absolute Gasteiger partial charge is 0.496 e. The number of halogens is 3. The lowest BCUT2D eigenvalue weighted by Crippen LogP contribution is -2.29. The molecule has 0 unspecified atom stereocenters. The van der Waals surface area contributed by atoms with E-state index in [1.165, 1.54) is 19.2 Å². The average molecular weight is 468 g/mol. The van der Waals surface area contributed by atoms with Crippen LogP contribution in [0.4, 0.5) is 20.3 Å². The van der Waals surface area contributed by atoms with Gasteiger partial charge in [0.25, 0.3) is 5.91 Å². The first kappa shape index (κ1) is 23.5. The molecule has 1 aliphatic heterocycles. The lowest BCUT2D eigenvalue weighted by molar-refractivity contribution is -0.0102. The summed E-state index contributed by atoms with van der Waals surface area (Å²) in [7, 11) is 1.43. The van der Waals surface area contributed by atoms with Crippen molar-refractivity contribution in [2.45, 2.75) is 32.1 Å². The molecule has 2 heterocycles. The highest BCUT2D eigenvalue weighted by atomic mass is 35.5. The molecule has 2 aromatic rings. The summed E-state index contributed by atoms with van der Waals surface area (Å²) in [5.41, 5.74) is 6.97. The number of hydrogen-bond donors (Lipinski definition) is 3. The van der Waals surface area contributed by atoms with Crippen LogP contribution in [0.2, 0.25) is 5.02 Å². The maximum atomic E-state index is 13.8. The molecule has 0 atom stereocenters. The van der Waals surface area contributed by atoms with E-state index in [0.717, 1.165) is 0 Å². The Balaban J connectivity index is 1.94. The zero-order valence-corrected chi connectivity index (χ0v) is 18.4. The molecule has 0 saturated carbocycles. The van der Waals surface area contributed by atoms with E-state index in [2.05, 4.69) is 15.5 Å². The third-order valence-electron chi connectivity index (χ3n) is 5.23. The van der Waals surface area contributed by atoms with E-state index >= 15 is 0 Å². The van der Waals surface area contributed by atoms with Gasteiger partial charge in [-0.1, -0.05) is 16.8 Å². The molecule has 0 bridgehead atoms. The first-order valence-electron chi connectivity index (χ1n) is 9.92. The number of alkyl halides is 2. The number of amides is 1. The molecule has 1 aromatic carbocycles. The predicted octanol–water partition coefficient (Wildman–Crippen LogP) is 4.02. The minimum atomic E-state index is -2.74. The van der Waals surface area contributed by atoms with Crippen LogP contribution in [0.3, 0.4) is 0 Å². The van der Waals surface area contributed by atoms with E-state index in [0.29, 0.717) is 29.5 Å². The fraction of sp³-hybridized carbons (Fsp3) is 0.381. The number of rotatable bonds is 5. The van der Waals surface area contributed by atoms with Crippen LogP contribution in [-0.4, -0.2) is 48.1 Å². The molecule has 4 N–H and O–H groups in total. The predicted molar refractivity (Wildman–Crippen MR) is 118 cm³/mol. The van der Waals surface area contributed by atoms with Crippen molar-refractivity contribution >= 4 is 34.8 Å². The summed E-state index contributed by atoms with van der Waals surface area (Å²) < 4.78 is 32.9. The van der Waals surface area contributed by atoms with Crippen LogP contribution in [0.1, 0.15) is 40.9 Å². The van der Waals surface area contributed by atoms with E-state index in [1.54, 1.807) is 24.0 Å². The Morgan fingerprint density at radius 2 is 2.06 bits per heavy atom. The van der Waals surface area contributed by atoms with Crippen LogP contribution >= 0.6 is 11.6 Å². The lowest BCUT2D eigenvalue weighted by atomic mass is 10.1. The van der Waals surface area contributed by atoms with Crippen LogP contribution in [0, 0.1) is 6.92 Å². The topological polar surface area (TPSA) is 113 Å². The molecule has 0 spiro atoms. The third kappa shape index (κ3) is 5.18. The number of aryl methyl sites for hydroxylation is 1. The van der Waals surface area contributed by atoms with Gasteiger partial charge in [-0.15, -0.1) is 0 Å². The minimum Gasteiger partial charge on any atom is -0.496 e. The van der Waals surface area contributed by atoms with Gasteiger partial charge in [-0.3, -0.25) is 4.79 Å². The Labute approximate surface area is 189 Å². The van der Waals surface area contributed by atoms with Gasteiger partial charge >= 0.3 is 0 Å². The van der Waals surface area contributed by atoms with Crippen molar-refractivity contribution in [3.8, 4) is 5.75 Å². The second-order valence-corrected chi connectivity index (χ2v) is 7.88. The standard InChI is InChI=1S/C21H24ClF2N5O3/c1-12-16(22)11-15(19(26-12)29-8-3-6-21(23,24)7-9-29)20(30)27-13-4-5-17(32-2)14(10-13)18(25)28-31/h4-5,10-11,31H,3,6-9H2,1-2H3,(H2,25,28)(H,27,30). The number of benzene rings is 1. The minimum absolute atomic E-state index is 0.0670. The summed E-state index contributed by atoms with van der Waals surface area (Å²) in [4.78, 5) is 19.3. The van der Waals surface area contributed by atoms with Crippen LogP contribution in [-0.2, 0) is 0 Å². The highest BCUT2D eigenvalue weighted by molar-refractivity contribution is 6.31. The smallest absolute Gasteiger partial charge is 0.259 e. The van der Waals surface area contributed by atoms with E-state index < -0.39 is 11.8 Å². The number of anilines is 2. The first-order chi connectivity index (χ1) is 15.1. The number of oxime groups is 1. The van der Waals surface area contributed by atoms with Gasteiger partial charge in [0.15, 0.2) is 5.84 Å². The number of nitrogens with two attached hydrogens (primary N) is 1. The summed E-state index contributed by atoms with van der Waals surface area (Å²) in [5, 5.41) is 15.0. The monoisotopic (exact) mass is 467 g/mol. The fourth-order valence-electron chi connectivity index (χ4n) is 3.49. The molecule has 0 aliphatic carbocycles. The number of amidine groups is 1. The lowest BCUT2D eigenvalue weighted by Gasteiger charge is -2.25. The van der Waals surface area contributed by atoms with Crippen molar-refractivity contribution in [3.05, 3.63) is 46.1 Å². The average Bonchev–Trinajstić information content (AvgIpc) is 2.95. The molecule has 3 rings (SSSR count). The second-order valence-electron chi connectivity index (χ2n) is 7.48. The Hall–Kier alpha value is -3.14. The maximum Gasteiger partial charge on any atom is 0.259 e. The highest BCUT2D eigenvalue weighted by Crippen LogP contribution is 2.32. The molecule has 1 amide bonds. The van der Waals surface area contributed by atoms with Crippen LogP contribution in [0.5, 0.6) is 5.75 Å². The molecular formula is C21H24ClF2N5O3. The fourth-order valence-corrected chi connectivity index (χ4v) is 3.64. The summed E-state index contributed by atoms with van der Waals surface area (Å²) in [6.07, 6.45) is -0.252. The third-order valence-corrected chi connectivity index (χ3v) is 5.62. The number of pyridine rings is 1. The second kappa shape index (κ2) is 9.56. The van der Waals surface area contributed by atoms with Gasteiger partial charge < -0.3 is 25.9 Å². The van der Waals surface area contributed by atoms with Crippen LogP contribution in [0.15, 0.2) is 29.4 Å².